The van der Waals surface area contributed by atoms with Gasteiger partial charge in [0.25, 0.3) is 0 Å². The van der Waals surface area contributed by atoms with Crippen molar-refractivity contribution in [3.8, 4) is 0 Å². The number of nitrogens with zero attached hydrogens (tertiary/aromatic N) is 2. The molecule has 1 aromatic carbocycles. The van der Waals surface area contributed by atoms with Crippen LogP contribution in [0.1, 0.15) is 64.5 Å². The minimum atomic E-state index is -0.0946. The number of aliphatic imine (C=N–C) groups is 1. The summed E-state index contributed by atoms with van der Waals surface area (Å²) in [7, 11) is 0. The molecule has 1 aromatic heterocycles. The lowest BCUT2D eigenvalue weighted by Crippen LogP contribution is -2.52. The number of urea groups is 1. The zero-order valence-corrected chi connectivity index (χ0v) is 20.0. The van der Waals surface area contributed by atoms with Gasteiger partial charge in [-0.05, 0) is 67.2 Å². The third-order valence-electron chi connectivity index (χ3n) is 7.12. The molecule has 2 unspecified atom stereocenters. The first-order valence-corrected chi connectivity index (χ1v) is 11.9. The molecule has 1 aliphatic heterocycles. The van der Waals surface area contributed by atoms with E-state index in [1.165, 1.54) is 5.69 Å². The van der Waals surface area contributed by atoms with Gasteiger partial charge in [-0.2, -0.15) is 0 Å². The molecule has 2 aliphatic rings. The number of piperidine rings is 1. The van der Waals surface area contributed by atoms with Crippen LogP contribution in [-0.4, -0.2) is 47.7 Å². The summed E-state index contributed by atoms with van der Waals surface area (Å²) in [5.74, 6) is 0.420. The summed E-state index contributed by atoms with van der Waals surface area (Å²) in [5.41, 5.74) is 2.33. The molecule has 2 N–H and O–H groups in total. The molecule has 0 bridgehead atoms. The number of fused-ring (bicyclic) bond motifs is 1. The molecule has 1 aliphatic carbocycles. The number of amides is 2. The standard InChI is InChI=1S/C25H33ClN4O2/c1-24(2)12-20(13-25(3,14-24)15-27-16-31)28-23(32)30-8-6-17(7-9-30)22-11-18-10-19(26)4-5-21(18)29-22/h4-5,10-11,17,20,29H,6-9,12-15H2,1-3H3,(H,28,32). The molecule has 1 saturated heterocycles. The Morgan fingerprint density at radius 2 is 2.00 bits per heavy atom. The molecular formula is C25H33ClN4O2. The number of carbonyl (C=O) groups is 1. The first kappa shape index (κ1) is 22.9. The van der Waals surface area contributed by atoms with E-state index in [4.69, 9.17) is 11.6 Å². The van der Waals surface area contributed by atoms with Crippen molar-refractivity contribution in [2.75, 3.05) is 19.6 Å². The average Bonchev–Trinajstić information content (AvgIpc) is 3.14. The quantitative estimate of drug-likeness (QED) is 0.461. The molecule has 0 radical (unpaired) electrons. The van der Waals surface area contributed by atoms with E-state index in [9.17, 15) is 9.59 Å². The highest BCUT2D eigenvalue weighted by atomic mass is 35.5. The third-order valence-corrected chi connectivity index (χ3v) is 7.36. The van der Waals surface area contributed by atoms with Crippen molar-refractivity contribution in [1.82, 2.24) is 15.2 Å². The SMILES string of the molecule is CC1(C)CC(NC(=O)N2CCC(c3cc4cc(Cl)ccc4[nH]3)CC2)CC(C)(CN=C=O)C1. The summed E-state index contributed by atoms with van der Waals surface area (Å²) in [5, 5.41) is 5.16. The van der Waals surface area contributed by atoms with Crippen LogP contribution in [0.5, 0.6) is 0 Å². The van der Waals surface area contributed by atoms with Gasteiger partial charge in [0.1, 0.15) is 0 Å². The van der Waals surface area contributed by atoms with Crippen LogP contribution in [0.2, 0.25) is 5.02 Å². The molecule has 7 heteroatoms. The van der Waals surface area contributed by atoms with E-state index in [1.807, 2.05) is 23.1 Å². The van der Waals surface area contributed by atoms with Gasteiger partial charge in [-0.15, -0.1) is 0 Å². The second kappa shape index (κ2) is 8.92. The van der Waals surface area contributed by atoms with Crippen molar-refractivity contribution in [2.45, 2.75) is 64.8 Å². The number of hydrogen-bond donors (Lipinski definition) is 2. The minimum absolute atomic E-state index is 0.0239. The predicted octanol–water partition coefficient (Wildman–Crippen LogP) is 5.63. The number of aromatic nitrogens is 1. The number of carbonyl (C=O) groups excluding carboxylic acids is 2. The largest absolute Gasteiger partial charge is 0.358 e. The zero-order valence-electron chi connectivity index (χ0n) is 19.2. The number of H-pyrrole nitrogens is 1. The highest BCUT2D eigenvalue weighted by Crippen LogP contribution is 2.46. The van der Waals surface area contributed by atoms with Gasteiger partial charge in [0, 0.05) is 46.7 Å². The smallest absolute Gasteiger partial charge is 0.317 e. The van der Waals surface area contributed by atoms with Crippen molar-refractivity contribution >= 4 is 34.6 Å². The molecule has 2 heterocycles. The second-order valence-corrected chi connectivity index (χ2v) is 11.3. The van der Waals surface area contributed by atoms with Crippen molar-refractivity contribution in [3.63, 3.8) is 0 Å². The lowest BCUT2D eigenvalue weighted by molar-refractivity contribution is 0.0769. The molecule has 1 saturated carbocycles. The van der Waals surface area contributed by atoms with Crippen LogP contribution in [0.25, 0.3) is 10.9 Å². The van der Waals surface area contributed by atoms with Gasteiger partial charge < -0.3 is 15.2 Å². The number of isocyanates is 1. The Balaban J connectivity index is 1.35. The summed E-state index contributed by atoms with van der Waals surface area (Å²) in [6, 6.07) is 8.21. The number of aromatic amines is 1. The Kier molecular flexibility index (Phi) is 6.37. The summed E-state index contributed by atoms with van der Waals surface area (Å²) in [4.78, 5) is 33.0. The maximum Gasteiger partial charge on any atom is 0.317 e. The van der Waals surface area contributed by atoms with Crippen molar-refractivity contribution in [1.29, 1.82) is 0 Å². The number of likely N-dealkylation sites (tertiary alicyclic amines) is 1. The number of halogens is 1. The Hall–Kier alpha value is -2.30. The molecule has 32 heavy (non-hydrogen) atoms. The van der Waals surface area contributed by atoms with Crippen LogP contribution in [0.15, 0.2) is 29.3 Å². The summed E-state index contributed by atoms with van der Waals surface area (Å²) in [6.07, 6.45) is 6.31. The van der Waals surface area contributed by atoms with E-state index in [0.29, 0.717) is 12.5 Å². The second-order valence-electron chi connectivity index (χ2n) is 10.8. The van der Waals surface area contributed by atoms with Gasteiger partial charge >= 0.3 is 6.03 Å². The van der Waals surface area contributed by atoms with Crippen LogP contribution in [0.4, 0.5) is 4.79 Å². The average molecular weight is 457 g/mol. The molecule has 2 atom stereocenters. The Morgan fingerprint density at radius 1 is 1.25 bits per heavy atom. The fourth-order valence-corrected chi connectivity index (χ4v) is 6.27. The third kappa shape index (κ3) is 5.19. The topological polar surface area (TPSA) is 77.6 Å². The fraction of sp³-hybridized carbons (Fsp3) is 0.600. The Bertz CT molecular complexity index is 1030. The summed E-state index contributed by atoms with van der Waals surface area (Å²) in [6.45, 7) is 8.57. The van der Waals surface area contributed by atoms with Gasteiger partial charge in [0.05, 0.1) is 6.54 Å². The fourth-order valence-electron chi connectivity index (χ4n) is 6.08. The first-order valence-electron chi connectivity index (χ1n) is 11.5. The van der Waals surface area contributed by atoms with E-state index in [-0.39, 0.29) is 22.9 Å². The van der Waals surface area contributed by atoms with Crippen LogP contribution in [0.3, 0.4) is 0 Å². The van der Waals surface area contributed by atoms with Crippen molar-refractivity contribution in [3.05, 3.63) is 35.0 Å². The van der Waals surface area contributed by atoms with E-state index in [2.05, 4.69) is 42.1 Å². The van der Waals surface area contributed by atoms with Crippen LogP contribution >= 0.6 is 11.6 Å². The van der Waals surface area contributed by atoms with Gasteiger partial charge in [-0.3, -0.25) is 0 Å². The van der Waals surface area contributed by atoms with Gasteiger partial charge in [0.2, 0.25) is 6.08 Å². The number of benzene rings is 1. The molecule has 4 rings (SSSR count). The Morgan fingerprint density at radius 3 is 2.72 bits per heavy atom. The number of rotatable bonds is 4. The molecular weight excluding hydrogens is 424 g/mol. The van der Waals surface area contributed by atoms with E-state index >= 15 is 0 Å². The van der Waals surface area contributed by atoms with Crippen LogP contribution in [0, 0.1) is 10.8 Å². The molecule has 2 fully saturated rings. The van der Waals surface area contributed by atoms with Gasteiger partial charge in [0.15, 0.2) is 0 Å². The van der Waals surface area contributed by atoms with Crippen molar-refractivity contribution < 1.29 is 9.59 Å². The minimum Gasteiger partial charge on any atom is -0.358 e. The monoisotopic (exact) mass is 456 g/mol. The van der Waals surface area contributed by atoms with Crippen LogP contribution < -0.4 is 5.32 Å². The lowest BCUT2D eigenvalue weighted by Gasteiger charge is -2.46. The Labute approximate surface area is 194 Å². The van der Waals surface area contributed by atoms with E-state index < -0.39 is 0 Å². The molecule has 2 amide bonds. The van der Waals surface area contributed by atoms with Gasteiger partial charge in [-0.1, -0.05) is 32.4 Å². The highest BCUT2D eigenvalue weighted by Gasteiger charge is 2.42. The van der Waals surface area contributed by atoms with E-state index in [0.717, 1.165) is 61.1 Å². The lowest BCUT2D eigenvalue weighted by atomic mass is 9.62. The van der Waals surface area contributed by atoms with E-state index in [1.54, 1.807) is 6.08 Å². The number of nitrogens with one attached hydrogen (secondary N) is 2. The predicted molar refractivity (Wildman–Crippen MR) is 128 cm³/mol. The maximum atomic E-state index is 13.0. The number of hydrogen-bond acceptors (Lipinski definition) is 3. The van der Waals surface area contributed by atoms with Crippen molar-refractivity contribution in [2.24, 2.45) is 15.8 Å². The maximum absolute atomic E-state index is 13.0. The molecule has 2 aromatic rings. The van der Waals surface area contributed by atoms with Crippen LogP contribution in [-0.2, 0) is 4.79 Å². The molecule has 6 nitrogen and oxygen atoms in total. The first-order chi connectivity index (χ1) is 15.2. The molecule has 172 valence electrons. The zero-order chi connectivity index (χ0) is 22.9. The normalized spacial score (nSPS) is 26.0. The summed E-state index contributed by atoms with van der Waals surface area (Å²) < 4.78 is 0. The highest BCUT2D eigenvalue weighted by molar-refractivity contribution is 6.31. The molecule has 0 spiro atoms. The summed E-state index contributed by atoms with van der Waals surface area (Å²) >= 11 is 6.12. The van der Waals surface area contributed by atoms with Gasteiger partial charge in [-0.25, -0.2) is 14.6 Å².